The summed E-state index contributed by atoms with van der Waals surface area (Å²) >= 11 is 0. The Bertz CT molecular complexity index is 1110. The van der Waals surface area contributed by atoms with E-state index in [1.165, 1.54) is 0 Å². The minimum absolute atomic E-state index is 0.564. The first-order chi connectivity index (χ1) is 12.2. The Hall–Kier alpha value is -3.71. The number of ether oxygens (including phenoxy) is 1. The van der Waals surface area contributed by atoms with E-state index in [4.69, 9.17) is 15.7 Å². The van der Waals surface area contributed by atoms with E-state index in [1.54, 1.807) is 12.1 Å². The van der Waals surface area contributed by atoms with E-state index >= 15 is 0 Å². The fourth-order valence-electron chi connectivity index (χ4n) is 2.85. The lowest BCUT2D eigenvalue weighted by Gasteiger charge is -2.13. The Balaban J connectivity index is 1.81. The van der Waals surface area contributed by atoms with Crippen LogP contribution >= 0.6 is 0 Å². The lowest BCUT2D eigenvalue weighted by molar-refractivity contribution is 0.480. The van der Waals surface area contributed by atoms with Gasteiger partial charge in [-0.15, -0.1) is 0 Å². The van der Waals surface area contributed by atoms with Gasteiger partial charge in [0.1, 0.15) is 5.75 Å². The van der Waals surface area contributed by atoms with E-state index < -0.39 is 0 Å². The number of nitrogen functional groups attached to an aromatic ring is 1. The third-order valence-electron chi connectivity index (χ3n) is 4.03. The van der Waals surface area contributed by atoms with Crippen LogP contribution in [0.2, 0.25) is 0 Å². The van der Waals surface area contributed by atoms with Crippen molar-refractivity contribution in [2.24, 2.45) is 0 Å². The molecule has 0 aliphatic carbocycles. The highest BCUT2D eigenvalue weighted by molar-refractivity contribution is 5.85. The summed E-state index contributed by atoms with van der Waals surface area (Å²) in [7, 11) is 0. The average molecular weight is 325 g/mol. The third-order valence-corrected chi connectivity index (χ3v) is 4.03. The molecule has 0 spiro atoms. The molecule has 3 aromatic carbocycles. The quantitative estimate of drug-likeness (QED) is 0.546. The molecule has 0 saturated carbocycles. The van der Waals surface area contributed by atoms with Crippen LogP contribution in [-0.4, -0.2) is 4.57 Å². The molecule has 0 aliphatic rings. The number of hydrogen-bond donors (Lipinski definition) is 1. The molecule has 4 nitrogen and oxygen atoms in total. The summed E-state index contributed by atoms with van der Waals surface area (Å²) in [4.78, 5) is 0. The number of nitrogens with zero attached hydrogens (tertiary/aromatic N) is 2. The van der Waals surface area contributed by atoms with Gasteiger partial charge in [-0.2, -0.15) is 5.26 Å². The predicted octanol–water partition coefficient (Wildman–Crippen LogP) is 4.88. The van der Waals surface area contributed by atoms with Crippen molar-refractivity contribution in [3.05, 3.63) is 84.6 Å². The number of rotatable bonds is 3. The smallest absolute Gasteiger partial charge is 0.151 e. The molecule has 120 valence electrons. The summed E-state index contributed by atoms with van der Waals surface area (Å²) < 4.78 is 8.10. The van der Waals surface area contributed by atoms with Crippen molar-refractivity contribution in [1.82, 2.24) is 4.57 Å². The van der Waals surface area contributed by atoms with Crippen molar-refractivity contribution in [3.8, 4) is 23.3 Å². The van der Waals surface area contributed by atoms with Gasteiger partial charge in [0.25, 0.3) is 0 Å². The van der Waals surface area contributed by atoms with Crippen LogP contribution in [0.5, 0.6) is 11.5 Å². The summed E-state index contributed by atoms with van der Waals surface area (Å²) in [5, 5.41) is 10.2. The first-order valence-electron chi connectivity index (χ1n) is 7.88. The fraction of sp³-hybridized carbons (Fsp3) is 0. The molecular weight excluding hydrogens is 310 g/mol. The van der Waals surface area contributed by atoms with Crippen molar-refractivity contribution in [3.63, 3.8) is 0 Å². The minimum Gasteiger partial charge on any atom is -0.455 e. The molecule has 0 unspecified atom stereocenters. The maximum Gasteiger partial charge on any atom is 0.151 e. The van der Waals surface area contributed by atoms with E-state index in [0.29, 0.717) is 22.7 Å². The molecule has 1 heterocycles. The van der Waals surface area contributed by atoms with Crippen LogP contribution in [0.4, 0.5) is 5.69 Å². The first-order valence-corrected chi connectivity index (χ1v) is 7.88. The van der Waals surface area contributed by atoms with Gasteiger partial charge in [-0.25, -0.2) is 0 Å². The van der Waals surface area contributed by atoms with Crippen molar-refractivity contribution in [2.75, 3.05) is 5.73 Å². The summed E-state index contributed by atoms with van der Waals surface area (Å²) in [6.07, 6.45) is 2.00. The number of nitriles is 1. The Morgan fingerprint density at radius 1 is 0.920 bits per heavy atom. The number of aromatic nitrogens is 1. The fourth-order valence-corrected chi connectivity index (χ4v) is 2.85. The second-order valence-electron chi connectivity index (χ2n) is 5.71. The van der Waals surface area contributed by atoms with Crippen LogP contribution in [0, 0.1) is 11.3 Å². The molecule has 0 amide bonds. The number of anilines is 1. The van der Waals surface area contributed by atoms with Crippen molar-refractivity contribution < 1.29 is 4.74 Å². The third kappa shape index (κ3) is 2.79. The zero-order valence-corrected chi connectivity index (χ0v) is 13.4. The largest absolute Gasteiger partial charge is 0.455 e. The van der Waals surface area contributed by atoms with Gasteiger partial charge in [-0.1, -0.05) is 24.3 Å². The van der Waals surface area contributed by atoms with Crippen molar-refractivity contribution in [1.29, 1.82) is 5.26 Å². The van der Waals surface area contributed by atoms with E-state index in [2.05, 4.69) is 10.6 Å². The summed E-state index contributed by atoms with van der Waals surface area (Å²) in [5.41, 5.74) is 9.15. The van der Waals surface area contributed by atoms with Gasteiger partial charge in [-0.3, -0.25) is 0 Å². The molecule has 0 fully saturated rings. The van der Waals surface area contributed by atoms with Crippen molar-refractivity contribution >= 4 is 16.6 Å². The zero-order chi connectivity index (χ0) is 17.2. The highest BCUT2D eigenvalue weighted by atomic mass is 16.5. The first kappa shape index (κ1) is 14.9. The normalized spacial score (nSPS) is 10.5. The van der Waals surface area contributed by atoms with E-state index in [0.717, 1.165) is 16.6 Å². The van der Waals surface area contributed by atoms with E-state index in [-0.39, 0.29) is 0 Å². The van der Waals surface area contributed by atoms with Gasteiger partial charge in [0.15, 0.2) is 5.75 Å². The molecule has 0 bridgehead atoms. The van der Waals surface area contributed by atoms with Gasteiger partial charge in [0.05, 0.1) is 22.8 Å². The topological polar surface area (TPSA) is 64.0 Å². The Morgan fingerprint density at radius 2 is 1.80 bits per heavy atom. The predicted molar refractivity (Wildman–Crippen MR) is 98.9 cm³/mol. The highest BCUT2D eigenvalue weighted by Crippen LogP contribution is 2.31. The number of para-hydroxylation sites is 2. The van der Waals surface area contributed by atoms with Crippen molar-refractivity contribution in [2.45, 2.75) is 0 Å². The van der Waals surface area contributed by atoms with Crippen LogP contribution in [0.15, 0.2) is 79.0 Å². The van der Waals surface area contributed by atoms with Gasteiger partial charge < -0.3 is 15.0 Å². The monoisotopic (exact) mass is 325 g/mol. The van der Waals surface area contributed by atoms with Crippen LogP contribution in [0.3, 0.4) is 0 Å². The Labute approximate surface area is 145 Å². The molecule has 1 aromatic heterocycles. The SMILES string of the molecule is N#Cc1cccc(Oc2ccccc2-n2ccc3ccc(N)cc32)c1. The molecule has 4 rings (SSSR count). The van der Waals surface area contributed by atoms with Crippen LogP contribution < -0.4 is 10.5 Å². The van der Waals surface area contributed by atoms with Gasteiger partial charge in [0.2, 0.25) is 0 Å². The number of nitrogens with two attached hydrogens (primary N) is 1. The molecule has 2 N–H and O–H groups in total. The second kappa shape index (κ2) is 6.06. The van der Waals surface area contributed by atoms with Gasteiger partial charge >= 0.3 is 0 Å². The van der Waals surface area contributed by atoms with Crippen LogP contribution in [0.1, 0.15) is 5.56 Å². The second-order valence-corrected chi connectivity index (χ2v) is 5.71. The number of hydrogen-bond acceptors (Lipinski definition) is 3. The maximum atomic E-state index is 9.06. The van der Waals surface area contributed by atoms with Gasteiger partial charge in [0, 0.05) is 17.3 Å². The molecule has 0 aliphatic heterocycles. The molecule has 0 atom stereocenters. The Kier molecular flexibility index (Phi) is 3.60. The summed E-state index contributed by atoms with van der Waals surface area (Å²) in [6, 6.07) is 24.9. The summed E-state index contributed by atoms with van der Waals surface area (Å²) in [6.45, 7) is 0. The lowest BCUT2D eigenvalue weighted by Crippen LogP contribution is -1.97. The number of benzene rings is 3. The van der Waals surface area contributed by atoms with Gasteiger partial charge in [-0.05, 0) is 48.5 Å². The average Bonchev–Trinajstić information content (AvgIpc) is 3.05. The molecular formula is C21H15N3O. The summed E-state index contributed by atoms with van der Waals surface area (Å²) in [5.74, 6) is 1.33. The molecule has 0 saturated heterocycles. The number of fused-ring (bicyclic) bond motifs is 1. The van der Waals surface area contributed by atoms with Crippen LogP contribution in [0.25, 0.3) is 16.6 Å². The standard InChI is InChI=1S/C21H15N3O/c22-14-15-4-3-5-18(12-15)25-21-7-2-1-6-19(21)24-11-10-16-8-9-17(23)13-20(16)24/h1-13H,23H2. The maximum absolute atomic E-state index is 9.06. The molecule has 0 radical (unpaired) electrons. The van der Waals surface area contributed by atoms with Crippen LogP contribution in [-0.2, 0) is 0 Å². The highest BCUT2D eigenvalue weighted by Gasteiger charge is 2.10. The molecule has 4 heteroatoms. The molecule has 4 aromatic rings. The van der Waals surface area contributed by atoms with E-state index in [9.17, 15) is 0 Å². The Morgan fingerprint density at radius 3 is 2.68 bits per heavy atom. The molecule has 25 heavy (non-hydrogen) atoms. The van der Waals surface area contributed by atoms with E-state index in [1.807, 2.05) is 66.9 Å². The zero-order valence-electron chi connectivity index (χ0n) is 13.4. The lowest BCUT2D eigenvalue weighted by atomic mass is 10.2. The minimum atomic E-state index is 0.564.